The molecule has 1 aromatic carbocycles. The molecule has 0 spiro atoms. The standard InChI is InChI=1S/C20H17F3N6O2.H2S/c1-11-10-28(14-5-2-12(3-6-14)20(21,22)23)19(31)17-16(9-26-29(11)17)27-18(30)15-7-4-13(24)8-25-15;/h2-9,11H,10,24H2,1H3,(H,27,30);1H2/t11-;/m0./s1. The van der Waals surface area contributed by atoms with Crippen LogP contribution in [0.15, 0.2) is 48.8 Å². The lowest BCUT2D eigenvalue weighted by Gasteiger charge is -2.32. The Morgan fingerprint density at radius 3 is 2.44 bits per heavy atom. The number of nitrogens with two attached hydrogens (primary N) is 1. The van der Waals surface area contributed by atoms with Crippen LogP contribution in [-0.2, 0) is 6.18 Å². The number of nitrogen functional groups attached to an aromatic ring is 1. The van der Waals surface area contributed by atoms with E-state index in [1.54, 1.807) is 0 Å². The van der Waals surface area contributed by atoms with Crippen molar-refractivity contribution in [2.45, 2.75) is 19.1 Å². The van der Waals surface area contributed by atoms with Gasteiger partial charge in [-0.1, -0.05) is 0 Å². The summed E-state index contributed by atoms with van der Waals surface area (Å²) in [7, 11) is 0. The third kappa shape index (κ3) is 4.26. The van der Waals surface area contributed by atoms with Gasteiger partial charge in [0.2, 0.25) is 0 Å². The fraction of sp³-hybridized carbons (Fsp3) is 0.200. The Balaban J connectivity index is 0.00000289. The van der Waals surface area contributed by atoms with Crippen molar-refractivity contribution >= 4 is 42.4 Å². The molecule has 168 valence electrons. The molecule has 0 fully saturated rings. The zero-order chi connectivity index (χ0) is 22.3. The summed E-state index contributed by atoms with van der Waals surface area (Å²) in [5.74, 6) is -1.04. The topological polar surface area (TPSA) is 106 Å². The predicted octanol–water partition coefficient (Wildman–Crippen LogP) is 3.47. The highest BCUT2D eigenvalue weighted by Crippen LogP contribution is 2.33. The lowest BCUT2D eigenvalue weighted by atomic mass is 10.1. The molecule has 8 nitrogen and oxygen atoms in total. The van der Waals surface area contributed by atoms with Gasteiger partial charge in [0.25, 0.3) is 11.8 Å². The number of pyridine rings is 1. The zero-order valence-electron chi connectivity index (χ0n) is 16.7. The molecule has 0 saturated carbocycles. The number of amides is 2. The number of alkyl halides is 3. The number of carbonyl (C=O) groups excluding carboxylic acids is 2. The molecule has 1 atom stereocenters. The number of anilines is 3. The van der Waals surface area contributed by atoms with E-state index in [0.717, 1.165) is 12.1 Å². The smallest absolute Gasteiger partial charge is 0.397 e. The number of hydrogen-bond acceptors (Lipinski definition) is 5. The maximum absolute atomic E-state index is 13.1. The summed E-state index contributed by atoms with van der Waals surface area (Å²) < 4.78 is 40.0. The summed E-state index contributed by atoms with van der Waals surface area (Å²) >= 11 is 0. The van der Waals surface area contributed by atoms with Gasteiger partial charge in [-0.25, -0.2) is 4.98 Å². The Hall–Kier alpha value is -3.54. The molecule has 1 aliphatic rings. The number of fused-ring (bicyclic) bond motifs is 1. The highest BCUT2D eigenvalue weighted by Gasteiger charge is 2.35. The van der Waals surface area contributed by atoms with Crippen LogP contribution in [0.3, 0.4) is 0 Å². The molecular formula is C20H19F3N6O2S. The predicted molar refractivity (Wildman–Crippen MR) is 117 cm³/mol. The molecule has 3 heterocycles. The number of nitrogens with zero attached hydrogens (tertiary/aromatic N) is 4. The molecule has 0 aliphatic carbocycles. The quantitative estimate of drug-likeness (QED) is 0.618. The summed E-state index contributed by atoms with van der Waals surface area (Å²) in [5.41, 5.74) is 5.89. The summed E-state index contributed by atoms with van der Waals surface area (Å²) in [6.07, 6.45) is -1.78. The van der Waals surface area contributed by atoms with E-state index in [0.29, 0.717) is 11.4 Å². The van der Waals surface area contributed by atoms with Crippen LogP contribution in [0, 0.1) is 0 Å². The van der Waals surface area contributed by atoms with Gasteiger partial charge >= 0.3 is 6.18 Å². The van der Waals surface area contributed by atoms with Crippen molar-refractivity contribution in [1.29, 1.82) is 0 Å². The first-order valence-electron chi connectivity index (χ1n) is 9.24. The second-order valence-corrected chi connectivity index (χ2v) is 7.09. The molecule has 1 aliphatic heterocycles. The van der Waals surface area contributed by atoms with Crippen LogP contribution >= 0.6 is 13.5 Å². The monoisotopic (exact) mass is 464 g/mol. The molecule has 0 unspecified atom stereocenters. The molecule has 12 heteroatoms. The van der Waals surface area contributed by atoms with E-state index in [-0.39, 0.29) is 43.2 Å². The van der Waals surface area contributed by atoms with Crippen molar-refractivity contribution < 1.29 is 22.8 Å². The molecule has 3 N–H and O–H groups in total. The first kappa shape index (κ1) is 23.1. The van der Waals surface area contributed by atoms with Crippen molar-refractivity contribution in [2.24, 2.45) is 0 Å². The van der Waals surface area contributed by atoms with Gasteiger partial charge < -0.3 is 16.0 Å². The summed E-state index contributed by atoms with van der Waals surface area (Å²) in [6, 6.07) is 7.04. The Morgan fingerprint density at radius 2 is 1.84 bits per heavy atom. The second kappa shape index (κ2) is 8.54. The van der Waals surface area contributed by atoms with Crippen molar-refractivity contribution in [3.63, 3.8) is 0 Å². The van der Waals surface area contributed by atoms with Crippen LogP contribution in [0.2, 0.25) is 0 Å². The van der Waals surface area contributed by atoms with Crippen LogP contribution in [0.25, 0.3) is 0 Å². The van der Waals surface area contributed by atoms with Gasteiger partial charge in [0, 0.05) is 12.2 Å². The molecule has 32 heavy (non-hydrogen) atoms. The van der Waals surface area contributed by atoms with E-state index in [1.807, 2.05) is 6.92 Å². The number of benzene rings is 1. The molecule has 0 radical (unpaired) electrons. The van der Waals surface area contributed by atoms with Gasteiger partial charge in [-0.15, -0.1) is 0 Å². The van der Waals surface area contributed by atoms with Crippen LogP contribution in [-0.4, -0.2) is 33.1 Å². The van der Waals surface area contributed by atoms with Gasteiger partial charge in [0.1, 0.15) is 5.69 Å². The zero-order valence-corrected chi connectivity index (χ0v) is 17.7. The maximum atomic E-state index is 13.1. The largest absolute Gasteiger partial charge is 0.416 e. The average Bonchev–Trinajstić information content (AvgIpc) is 3.15. The summed E-state index contributed by atoms with van der Waals surface area (Å²) in [5, 5.41) is 6.80. The first-order valence-corrected chi connectivity index (χ1v) is 9.24. The van der Waals surface area contributed by atoms with Crippen LogP contribution in [0.4, 0.5) is 30.2 Å². The number of hydrogen-bond donors (Lipinski definition) is 2. The molecule has 0 saturated heterocycles. The number of nitrogens with one attached hydrogen (secondary N) is 1. The van der Waals surface area contributed by atoms with E-state index in [1.165, 1.54) is 46.2 Å². The normalized spacial score (nSPS) is 15.7. The number of rotatable bonds is 3. The highest BCUT2D eigenvalue weighted by molar-refractivity contribution is 7.59. The second-order valence-electron chi connectivity index (χ2n) is 7.09. The van der Waals surface area contributed by atoms with Crippen molar-refractivity contribution in [3.8, 4) is 0 Å². The number of aromatic nitrogens is 3. The first-order chi connectivity index (χ1) is 14.6. The van der Waals surface area contributed by atoms with Crippen LogP contribution in [0.1, 0.15) is 39.5 Å². The fourth-order valence-corrected chi connectivity index (χ4v) is 3.33. The minimum absolute atomic E-state index is 0. The third-order valence-corrected chi connectivity index (χ3v) is 4.88. The van der Waals surface area contributed by atoms with Crippen molar-refractivity contribution in [2.75, 3.05) is 22.5 Å². The fourth-order valence-electron chi connectivity index (χ4n) is 3.33. The molecular weight excluding hydrogens is 445 g/mol. The van der Waals surface area contributed by atoms with E-state index >= 15 is 0 Å². The van der Waals surface area contributed by atoms with E-state index in [4.69, 9.17) is 5.73 Å². The lowest BCUT2D eigenvalue weighted by molar-refractivity contribution is -0.137. The van der Waals surface area contributed by atoms with Crippen LogP contribution < -0.4 is 16.0 Å². The molecule has 4 rings (SSSR count). The van der Waals surface area contributed by atoms with Crippen LogP contribution in [0.5, 0.6) is 0 Å². The van der Waals surface area contributed by atoms with Gasteiger partial charge in [-0.2, -0.15) is 31.8 Å². The average molecular weight is 464 g/mol. The summed E-state index contributed by atoms with van der Waals surface area (Å²) in [4.78, 5) is 30.9. The van der Waals surface area contributed by atoms with Gasteiger partial charge in [-0.3, -0.25) is 14.3 Å². The maximum Gasteiger partial charge on any atom is 0.416 e. The molecule has 2 aromatic heterocycles. The number of halogens is 3. The van der Waals surface area contributed by atoms with E-state index in [2.05, 4.69) is 15.4 Å². The Morgan fingerprint density at radius 1 is 1.16 bits per heavy atom. The number of carbonyl (C=O) groups is 2. The van der Waals surface area contributed by atoms with Gasteiger partial charge in [0.15, 0.2) is 5.69 Å². The Kier molecular flexibility index (Phi) is 6.17. The molecule has 3 aromatic rings. The van der Waals surface area contributed by atoms with Gasteiger partial charge in [-0.05, 0) is 43.3 Å². The van der Waals surface area contributed by atoms with Crippen molar-refractivity contribution in [3.05, 3.63) is 65.7 Å². The lowest BCUT2D eigenvalue weighted by Crippen LogP contribution is -2.43. The summed E-state index contributed by atoms with van der Waals surface area (Å²) in [6.45, 7) is 2.03. The molecule has 0 bridgehead atoms. The van der Waals surface area contributed by atoms with E-state index in [9.17, 15) is 22.8 Å². The minimum Gasteiger partial charge on any atom is -0.397 e. The molecule has 2 amide bonds. The Labute approximate surface area is 187 Å². The van der Waals surface area contributed by atoms with Gasteiger partial charge in [0.05, 0.1) is 35.4 Å². The minimum atomic E-state index is -4.47. The third-order valence-electron chi connectivity index (χ3n) is 4.88. The SMILES string of the molecule is C[C@H]1CN(c2ccc(C(F)(F)F)cc2)C(=O)c2c(NC(=O)c3ccc(N)cn3)cnn21.S. The van der Waals surface area contributed by atoms with E-state index < -0.39 is 23.6 Å². The van der Waals surface area contributed by atoms with Crippen molar-refractivity contribution in [1.82, 2.24) is 14.8 Å². The Bertz CT molecular complexity index is 1150. The highest BCUT2D eigenvalue weighted by atomic mass is 32.1.